The van der Waals surface area contributed by atoms with Crippen LogP contribution in [0.5, 0.6) is 0 Å². The first-order valence-electron chi connectivity index (χ1n) is 7.83. The minimum atomic E-state index is 0.0397. The molecule has 0 radical (unpaired) electrons. The Morgan fingerprint density at radius 3 is 2.52 bits per heavy atom. The van der Waals surface area contributed by atoms with Crippen molar-refractivity contribution in [2.24, 2.45) is 0 Å². The molecule has 0 spiro atoms. The molecule has 2 heteroatoms. The van der Waals surface area contributed by atoms with Gasteiger partial charge in [0.05, 0.1) is 0 Å². The Morgan fingerprint density at radius 2 is 1.70 bits per heavy atom. The maximum absolute atomic E-state index is 12.6. The summed E-state index contributed by atoms with van der Waals surface area (Å²) in [6.07, 6.45) is 1.73. The van der Waals surface area contributed by atoms with Gasteiger partial charge < -0.3 is 5.32 Å². The summed E-state index contributed by atoms with van der Waals surface area (Å²) in [7, 11) is 0. The summed E-state index contributed by atoms with van der Waals surface area (Å²) in [6, 6.07) is 22.1. The van der Waals surface area contributed by atoms with Crippen molar-refractivity contribution in [2.45, 2.75) is 12.8 Å². The standard InChI is InChI=1S/C21H17NO/c1-14-18-8-4-5-9-19(18)22-20(14)13-21(23)17-11-10-15-6-2-3-7-16(15)12-17/h2-14,22H,1H3. The SMILES string of the molecule is CC1C(=CC(=O)c2ccc3ccccc3c2)Nc2ccccc21. The number of nitrogens with one attached hydrogen (secondary N) is 1. The van der Waals surface area contributed by atoms with Gasteiger partial charge in [0.2, 0.25) is 0 Å². The number of hydrogen-bond acceptors (Lipinski definition) is 2. The van der Waals surface area contributed by atoms with Crippen molar-refractivity contribution >= 4 is 22.2 Å². The van der Waals surface area contributed by atoms with E-state index in [1.165, 1.54) is 5.56 Å². The fourth-order valence-electron chi connectivity index (χ4n) is 3.15. The lowest BCUT2D eigenvalue weighted by Crippen LogP contribution is -2.02. The van der Waals surface area contributed by atoms with Gasteiger partial charge in [-0.25, -0.2) is 0 Å². The topological polar surface area (TPSA) is 29.1 Å². The van der Waals surface area contributed by atoms with Gasteiger partial charge in [-0.3, -0.25) is 4.79 Å². The maximum Gasteiger partial charge on any atom is 0.187 e. The first kappa shape index (κ1) is 13.8. The van der Waals surface area contributed by atoms with Gasteiger partial charge in [0.1, 0.15) is 0 Å². The third kappa shape index (κ3) is 2.42. The zero-order valence-electron chi connectivity index (χ0n) is 12.9. The van der Waals surface area contributed by atoms with Crippen molar-refractivity contribution in [3.8, 4) is 0 Å². The van der Waals surface area contributed by atoms with Crippen LogP contribution in [0.15, 0.2) is 78.5 Å². The fraction of sp³-hybridized carbons (Fsp3) is 0.0952. The van der Waals surface area contributed by atoms with Gasteiger partial charge in [-0.1, -0.05) is 61.5 Å². The van der Waals surface area contributed by atoms with E-state index in [-0.39, 0.29) is 11.7 Å². The molecule has 112 valence electrons. The van der Waals surface area contributed by atoms with Crippen LogP contribution >= 0.6 is 0 Å². The quantitative estimate of drug-likeness (QED) is 0.524. The van der Waals surface area contributed by atoms with Gasteiger partial charge >= 0.3 is 0 Å². The summed E-state index contributed by atoms with van der Waals surface area (Å²) in [5.74, 6) is 0.258. The molecule has 23 heavy (non-hydrogen) atoms. The van der Waals surface area contributed by atoms with E-state index in [0.717, 1.165) is 27.7 Å². The largest absolute Gasteiger partial charge is 0.358 e. The number of allylic oxidation sites excluding steroid dienone is 2. The van der Waals surface area contributed by atoms with Crippen LogP contribution in [0, 0.1) is 0 Å². The van der Waals surface area contributed by atoms with E-state index in [1.807, 2.05) is 54.6 Å². The number of rotatable bonds is 2. The molecule has 0 aromatic heterocycles. The molecule has 3 aromatic carbocycles. The predicted octanol–water partition coefficient (Wildman–Crippen LogP) is 5.14. The second-order valence-corrected chi connectivity index (χ2v) is 5.96. The van der Waals surface area contributed by atoms with Crippen molar-refractivity contribution in [1.82, 2.24) is 0 Å². The zero-order chi connectivity index (χ0) is 15.8. The van der Waals surface area contributed by atoms with E-state index in [9.17, 15) is 4.79 Å². The molecular formula is C21H17NO. The number of ketones is 1. The normalized spacial score (nSPS) is 18.0. The molecule has 3 aromatic rings. The molecule has 2 nitrogen and oxygen atoms in total. The average Bonchev–Trinajstić information content (AvgIpc) is 2.91. The molecule has 1 aliphatic rings. The van der Waals surface area contributed by atoms with E-state index in [4.69, 9.17) is 0 Å². The summed E-state index contributed by atoms with van der Waals surface area (Å²) in [4.78, 5) is 12.6. The minimum Gasteiger partial charge on any atom is -0.358 e. The highest BCUT2D eigenvalue weighted by molar-refractivity contribution is 6.07. The molecule has 0 amide bonds. The zero-order valence-corrected chi connectivity index (χ0v) is 12.9. The predicted molar refractivity (Wildman–Crippen MR) is 94.8 cm³/mol. The second-order valence-electron chi connectivity index (χ2n) is 5.96. The fourth-order valence-corrected chi connectivity index (χ4v) is 3.15. The third-order valence-corrected chi connectivity index (χ3v) is 4.49. The minimum absolute atomic E-state index is 0.0397. The number of fused-ring (bicyclic) bond motifs is 2. The van der Waals surface area contributed by atoms with E-state index < -0.39 is 0 Å². The van der Waals surface area contributed by atoms with Crippen LogP contribution in [0.3, 0.4) is 0 Å². The van der Waals surface area contributed by atoms with Gasteiger partial charge in [0.25, 0.3) is 0 Å². The summed E-state index contributed by atoms with van der Waals surface area (Å²) in [6.45, 7) is 2.12. The van der Waals surface area contributed by atoms with Crippen LogP contribution in [0.1, 0.15) is 28.8 Å². The van der Waals surface area contributed by atoms with Crippen LogP contribution in [-0.2, 0) is 0 Å². The number of anilines is 1. The average molecular weight is 299 g/mol. The second kappa shape index (κ2) is 5.40. The Labute approximate surface area is 135 Å². The van der Waals surface area contributed by atoms with Gasteiger partial charge in [0, 0.05) is 28.9 Å². The van der Waals surface area contributed by atoms with Crippen molar-refractivity contribution in [2.75, 3.05) is 5.32 Å². The highest BCUT2D eigenvalue weighted by atomic mass is 16.1. The summed E-state index contributed by atoms with van der Waals surface area (Å²) >= 11 is 0. The molecule has 1 atom stereocenters. The smallest absolute Gasteiger partial charge is 0.187 e. The Kier molecular flexibility index (Phi) is 3.23. The molecule has 1 heterocycles. The number of hydrogen-bond donors (Lipinski definition) is 1. The molecule has 1 unspecified atom stereocenters. The lowest BCUT2D eigenvalue weighted by Gasteiger charge is -2.06. The van der Waals surface area contributed by atoms with Crippen LogP contribution in [0.25, 0.3) is 10.8 Å². The van der Waals surface area contributed by atoms with Gasteiger partial charge in [0.15, 0.2) is 5.78 Å². The van der Waals surface area contributed by atoms with Crippen molar-refractivity contribution < 1.29 is 4.79 Å². The monoisotopic (exact) mass is 299 g/mol. The van der Waals surface area contributed by atoms with Crippen molar-refractivity contribution in [1.29, 1.82) is 0 Å². The highest BCUT2D eigenvalue weighted by Gasteiger charge is 2.23. The molecule has 4 rings (SSSR count). The van der Waals surface area contributed by atoms with Crippen molar-refractivity contribution in [3.63, 3.8) is 0 Å². The Balaban J connectivity index is 1.67. The molecule has 1 N–H and O–H groups in total. The Hall–Kier alpha value is -2.87. The summed E-state index contributed by atoms with van der Waals surface area (Å²) in [5, 5.41) is 5.60. The Bertz CT molecular complexity index is 939. The first-order chi connectivity index (χ1) is 11.2. The molecule has 0 aliphatic carbocycles. The first-order valence-corrected chi connectivity index (χ1v) is 7.83. The number of carbonyl (C=O) groups excluding carboxylic acids is 1. The third-order valence-electron chi connectivity index (χ3n) is 4.49. The van der Waals surface area contributed by atoms with Gasteiger partial charge in [-0.2, -0.15) is 0 Å². The van der Waals surface area contributed by atoms with E-state index in [2.05, 4.69) is 24.4 Å². The van der Waals surface area contributed by atoms with Gasteiger partial charge in [-0.05, 0) is 28.5 Å². The molecule has 0 bridgehead atoms. The summed E-state index contributed by atoms with van der Waals surface area (Å²) in [5.41, 5.74) is 4.02. The van der Waals surface area contributed by atoms with Crippen LogP contribution in [0.4, 0.5) is 5.69 Å². The molecule has 0 saturated heterocycles. The van der Waals surface area contributed by atoms with E-state index in [1.54, 1.807) is 6.08 Å². The molecule has 0 saturated carbocycles. The number of para-hydroxylation sites is 1. The molecule has 1 aliphatic heterocycles. The van der Waals surface area contributed by atoms with Crippen LogP contribution < -0.4 is 5.32 Å². The van der Waals surface area contributed by atoms with E-state index >= 15 is 0 Å². The Morgan fingerprint density at radius 1 is 0.957 bits per heavy atom. The lowest BCUT2D eigenvalue weighted by atomic mass is 9.98. The highest BCUT2D eigenvalue weighted by Crippen LogP contribution is 2.37. The molecule has 0 fully saturated rings. The van der Waals surface area contributed by atoms with Crippen LogP contribution in [0.2, 0.25) is 0 Å². The van der Waals surface area contributed by atoms with Crippen LogP contribution in [-0.4, -0.2) is 5.78 Å². The maximum atomic E-state index is 12.6. The lowest BCUT2D eigenvalue weighted by molar-refractivity contribution is 0.104. The number of carbonyl (C=O) groups is 1. The number of benzene rings is 3. The van der Waals surface area contributed by atoms with Crippen molar-refractivity contribution in [3.05, 3.63) is 89.6 Å². The van der Waals surface area contributed by atoms with E-state index in [0.29, 0.717) is 0 Å². The van der Waals surface area contributed by atoms with Gasteiger partial charge in [-0.15, -0.1) is 0 Å². The molecular weight excluding hydrogens is 282 g/mol. The summed E-state index contributed by atoms with van der Waals surface area (Å²) < 4.78 is 0.